The molecule has 1 saturated heterocycles. The second kappa shape index (κ2) is 5.28. The monoisotopic (exact) mass is 212 g/mol. The maximum atomic E-state index is 5.87. The minimum Gasteiger partial charge on any atom is -0.380 e. The molecule has 0 aromatic rings. The lowest BCUT2D eigenvalue weighted by molar-refractivity contribution is 0.101. The molecule has 15 heavy (non-hydrogen) atoms. The summed E-state index contributed by atoms with van der Waals surface area (Å²) < 4.78 is 5.46. The van der Waals surface area contributed by atoms with Crippen LogP contribution in [0.5, 0.6) is 0 Å². The van der Waals surface area contributed by atoms with Gasteiger partial charge in [0.1, 0.15) is 0 Å². The van der Waals surface area contributed by atoms with Crippen LogP contribution in [-0.2, 0) is 4.74 Å². The Morgan fingerprint density at radius 1 is 1.13 bits per heavy atom. The van der Waals surface area contributed by atoms with E-state index in [9.17, 15) is 0 Å². The minimum atomic E-state index is 0.507. The maximum Gasteiger partial charge on any atom is 0.0593 e. The number of nitrogens with two attached hydrogens (primary N) is 1. The average molecular weight is 212 g/mol. The lowest BCUT2D eigenvalue weighted by Gasteiger charge is -2.42. The highest BCUT2D eigenvalue weighted by Gasteiger charge is 2.35. The maximum absolute atomic E-state index is 5.87. The Balaban J connectivity index is 1.71. The van der Waals surface area contributed by atoms with Crippen molar-refractivity contribution in [3.8, 4) is 0 Å². The molecule has 88 valence electrons. The van der Waals surface area contributed by atoms with E-state index in [-0.39, 0.29) is 0 Å². The zero-order valence-electron chi connectivity index (χ0n) is 9.71. The van der Waals surface area contributed by atoms with E-state index in [4.69, 9.17) is 10.5 Å². The molecule has 1 saturated carbocycles. The van der Waals surface area contributed by atoms with Crippen molar-refractivity contribution in [2.75, 3.05) is 39.4 Å². The van der Waals surface area contributed by atoms with Crippen molar-refractivity contribution >= 4 is 0 Å². The van der Waals surface area contributed by atoms with Crippen molar-refractivity contribution in [3.05, 3.63) is 0 Å². The summed E-state index contributed by atoms with van der Waals surface area (Å²) in [7, 11) is 0. The second-order valence-corrected chi connectivity index (χ2v) is 5.12. The van der Waals surface area contributed by atoms with E-state index < -0.39 is 0 Å². The Hall–Kier alpha value is -0.120. The van der Waals surface area contributed by atoms with Crippen LogP contribution in [0, 0.1) is 5.41 Å². The molecule has 2 rings (SSSR count). The van der Waals surface area contributed by atoms with Crippen LogP contribution in [0.3, 0.4) is 0 Å². The van der Waals surface area contributed by atoms with E-state index >= 15 is 0 Å². The number of ether oxygens (including phenoxy) is 1. The summed E-state index contributed by atoms with van der Waals surface area (Å²) in [6.07, 6.45) is 6.58. The minimum absolute atomic E-state index is 0.507. The fraction of sp³-hybridized carbons (Fsp3) is 1.00. The molecule has 0 aromatic heterocycles. The molecule has 1 aliphatic carbocycles. The van der Waals surface area contributed by atoms with Gasteiger partial charge in [-0.2, -0.15) is 0 Å². The molecule has 3 heteroatoms. The zero-order chi connectivity index (χ0) is 10.6. The lowest BCUT2D eigenvalue weighted by Crippen LogP contribution is -2.41. The first-order chi connectivity index (χ1) is 7.35. The van der Waals surface area contributed by atoms with Crippen molar-refractivity contribution in [1.29, 1.82) is 0 Å². The van der Waals surface area contributed by atoms with Gasteiger partial charge in [0.2, 0.25) is 0 Å². The third-order valence-electron chi connectivity index (χ3n) is 4.12. The number of hydrogen-bond donors (Lipinski definition) is 1. The normalized spacial score (nSPS) is 27.0. The molecule has 0 radical (unpaired) electrons. The summed E-state index contributed by atoms with van der Waals surface area (Å²) in [6, 6.07) is 0. The van der Waals surface area contributed by atoms with Gasteiger partial charge in [-0.1, -0.05) is 6.42 Å². The standard InChI is InChI=1S/C12H24N2O/c13-11-12(3-1-4-12)5-7-14-6-2-9-15-10-8-14/h1-11,13H2. The first-order valence-electron chi connectivity index (χ1n) is 6.35. The number of hydrogen-bond acceptors (Lipinski definition) is 3. The van der Waals surface area contributed by atoms with Gasteiger partial charge in [0.15, 0.2) is 0 Å². The van der Waals surface area contributed by atoms with Crippen LogP contribution in [0.1, 0.15) is 32.1 Å². The first kappa shape index (κ1) is 11.4. The van der Waals surface area contributed by atoms with E-state index in [1.165, 1.54) is 45.2 Å². The Kier molecular flexibility index (Phi) is 4.00. The van der Waals surface area contributed by atoms with Crippen LogP contribution in [0.2, 0.25) is 0 Å². The molecule has 2 fully saturated rings. The quantitative estimate of drug-likeness (QED) is 0.761. The summed E-state index contributed by atoms with van der Waals surface area (Å²) in [5, 5.41) is 0. The molecule has 3 nitrogen and oxygen atoms in total. The molecular formula is C12H24N2O. The third kappa shape index (κ3) is 2.92. The van der Waals surface area contributed by atoms with Gasteiger partial charge >= 0.3 is 0 Å². The molecule has 0 amide bonds. The molecule has 1 aliphatic heterocycles. The highest BCUT2D eigenvalue weighted by Crippen LogP contribution is 2.42. The molecule has 0 bridgehead atoms. The fourth-order valence-corrected chi connectivity index (χ4v) is 2.65. The summed E-state index contributed by atoms with van der Waals surface area (Å²) in [6.45, 7) is 6.29. The van der Waals surface area contributed by atoms with Crippen LogP contribution in [0.4, 0.5) is 0 Å². The first-order valence-corrected chi connectivity index (χ1v) is 6.35. The molecular weight excluding hydrogens is 188 g/mol. The van der Waals surface area contributed by atoms with E-state index in [2.05, 4.69) is 4.90 Å². The zero-order valence-corrected chi connectivity index (χ0v) is 9.71. The number of nitrogens with zero attached hydrogens (tertiary/aromatic N) is 1. The SMILES string of the molecule is NCC1(CCN2CCCOCC2)CCC1. The Bertz CT molecular complexity index is 179. The summed E-state index contributed by atoms with van der Waals surface area (Å²) in [5.41, 5.74) is 6.38. The third-order valence-corrected chi connectivity index (χ3v) is 4.12. The van der Waals surface area contributed by atoms with Crippen molar-refractivity contribution in [1.82, 2.24) is 4.90 Å². The van der Waals surface area contributed by atoms with Crippen LogP contribution >= 0.6 is 0 Å². The largest absolute Gasteiger partial charge is 0.380 e. The highest BCUT2D eigenvalue weighted by atomic mass is 16.5. The van der Waals surface area contributed by atoms with Gasteiger partial charge < -0.3 is 15.4 Å². The molecule has 0 unspecified atom stereocenters. The molecule has 0 spiro atoms. The van der Waals surface area contributed by atoms with Crippen LogP contribution in [-0.4, -0.2) is 44.3 Å². The van der Waals surface area contributed by atoms with Crippen LogP contribution in [0.15, 0.2) is 0 Å². The van der Waals surface area contributed by atoms with Gasteiger partial charge in [-0.25, -0.2) is 0 Å². The smallest absolute Gasteiger partial charge is 0.0593 e. The van der Waals surface area contributed by atoms with Gasteiger partial charge in [-0.3, -0.25) is 0 Å². The topological polar surface area (TPSA) is 38.5 Å². The summed E-state index contributed by atoms with van der Waals surface area (Å²) in [4.78, 5) is 2.54. The molecule has 0 atom stereocenters. The molecule has 0 aromatic carbocycles. The predicted molar refractivity (Wildman–Crippen MR) is 61.8 cm³/mol. The Morgan fingerprint density at radius 2 is 2.00 bits per heavy atom. The van der Waals surface area contributed by atoms with Crippen molar-refractivity contribution in [3.63, 3.8) is 0 Å². The van der Waals surface area contributed by atoms with E-state index in [0.29, 0.717) is 5.41 Å². The highest BCUT2D eigenvalue weighted by molar-refractivity contribution is 4.89. The summed E-state index contributed by atoms with van der Waals surface area (Å²) in [5.74, 6) is 0. The van der Waals surface area contributed by atoms with E-state index in [1.54, 1.807) is 0 Å². The number of rotatable bonds is 4. The second-order valence-electron chi connectivity index (χ2n) is 5.12. The van der Waals surface area contributed by atoms with Gasteiger partial charge in [0.25, 0.3) is 0 Å². The van der Waals surface area contributed by atoms with Crippen LogP contribution in [0.25, 0.3) is 0 Å². The van der Waals surface area contributed by atoms with E-state index in [1.807, 2.05) is 0 Å². The molecule has 2 N–H and O–H groups in total. The van der Waals surface area contributed by atoms with Gasteiger partial charge in [0.05, 0.1) is 6.61 Å². The van der Waals surface area contributed by atoms with Gasteiger partial charge in [0, 0.05) is 19.7 Å². The van der Waals surface area contributed by atoms with Crippen molar-refractivity contribution < 1.29 is 4.74 Å². The van der Waals surface area contributed by atoms with Gasteiger partial charge in [-0.15, -0.1) is 0 Å². The van der Waals surface area contributed by atoms with Gasteiger partial charge in [-0.05, 0) is 44.2 Å². The summed E-state index contributed by atoms with van der Waals surface area (Å²) >= 11 is 0. The lowest BCUT2D eigenvalue weighted by atomic mass is 9.66. The van der Waals surface area contributed by atoms with Crippen LogP contribution < -0.4 is 5.73 Å². The van der Waals surface area contributed by atoms with Crippen molar-refractivity contribution in [2.24, 2.45) is 11.1 Å². The van der Waals surface area contributed by atoms with Crippen molar-refractivity contribution in [2.45, 2.75) is 32.1 Å². The molecule has 1 heterocycles. The molecule has 2 aliphatic rings. The predicted octanol–water partition coefficient (Wildman–Crippen LogP) is 1.23. The fourth-order valence-electron chi connectivity index (χ4n) is 2.65. The Labute approximate surface area is 93.0 Å². The van der Waals surface area contributed by atoms with E-state index in [0.717, 1.165) is 26.3 Å². The average Bonchev–Trinajstić information content (AvgIpc) is 2.45. The Morgan fingerprint density at radius 3 is 2.67 bits per heavy atom.